The number of nitrogens with zero attached hydrogens (tertiary/aromatic N) is 5. The zero-order valence-corrected chi connectivity index (χ0v) is 21.5. The van der Waals surface area contributed by atoms with Crippen molar-refractivity contribution in [2.45, 2.75) is 51.2 Å². The molecule has 192 valence electrons. The van der Waals surface area contributed by atoms with Gasteiger partial charge >= 0.3 is 0 Å². The molecule has 1 atom stereocenters. The molecular weight excluding hydrogens is 492 g/mol. The fourth-order valence-corrected chi connectivity index (χ4v) is 5.34. The smallest absolute Gasteiger partial charge is 0.251 e. The Hall–Kier alpha value is -3.99. The van der Waals surface area contributed by atoms with Gasteiger partial charge in [0.25, 0.3) is 5.91 Å². The van der Waals surface area contributed by atoms with Gasteiger partial charge in [0.2, 0.25) is 11.7 Å². The number of carbonyl (C=O) groups is 2. The highest BCUT2D eigenvalue weighted by molar-refractivity contribution is 7.10. The lowest BCUT2D eigenvalue weighted by Gasteiger charge is -2.31. The van der Waals surface area contributed by atoms with Crippen LogP contribution >= 0.6 is 11.3 Å². The molecule has 1 saturated carbocycles. The van der Waals surface area contributed by atoms with E-state index in [0.29, 0.717) is 17.2 Å². The van der Waals surface area contributed by atoms with Crippen LogP contribution in [0.25, 0.3) is 11.6 Å². The van der Waals surface area contributed by atoms with E-state index < -0.39 is 6.04 Å². The highest BCUT2D eigenvalue weighted by Crippen LogP contribution is 2.33. The van der Waals surface area contributed by atoms with Crippen molar-refractivity contribution in [3.63, 3.8) is 0 Å². The van der Waals surface area contributed by atoms with Crippen LogP contribution in [0.2, 0.25) is 0 Å². The molecule has 0 radical (unpaired) electrons. The number of hydrogen-bond acceptors (Lipinski definition) is 8. The Morgan fingerprint density at radius 3 is 2.76 bits per heavy atom. The molecule has 3 aromatic heterocycles. The van der Waals surface area contributed by atoms with E-state index in [0.717, 1.165) is 36.3 Å². The first-order valence-corrected chi connectivity index (χ1v) is 13.0. The Balaban J connectivity index is 1.49. The van der Waals surface area contributed by atoms with Gasteiger partial charge in [0, 0.05) is 22.7 Å². The van der Waals surface area contributed by atoms with Gasteiger partial charge in [0.1, 0.15) is 24.1 Å². The van der Waals surface area contributed by atoms with Gasteiger partial charge in [0.15, 0.2) is 5.76 Å². The van der Waals surface area contributed by atoms with Crippen LogP contribution in [-0.4, -0.2) is 45.2 Å². The quantitative estimate of drug-likeness (QED) is 0.353. The normalized spacial score (nSPS) is 14.4. The number of thiophene rings is 1. The van der Waals surface area contributed by atoms with Gasteiger partial charge in [0.05, 0.1) is 7.11 Å². The van der Waals surface area contributed by atoms with Crippen LogP contribution in [0.4, 0.5) is 5.69 Å². The third-order valence-corrected chi connectivity index (χ3v) is 7.24. The molecule has 0 bridgehead atoms. The summed E-state index contributed by atoms with van der Waals surface area (Å²) in [6.07, 6.45) is 4.05. The number of hydrogen-bond donors (Lipinski definition) is 1. The molecule has 0 spiro atoms. The van der Waals surface area contributed by atoms with E-state index in [4.69, 9.17) is 9.15 Å². The highest BCUT2D eigenvalue weighted by atomic mass is 32.1. The molecule has 1 aliphatic rings. The molecule has 0 aliphatic heterocycles. The predicted molar refractivity (Wildman–Crippen MR) is 138 cm³/mol. The second-order valence-corrected chi connectivity index (χ2v) is 9.91. The average Bonchev–Trinajstić information content (AvgIpc) is 3.71. The maximum atomic E-state index is 13.9. The van der Waals surface area contributed by atoms with Gasteiger partial charge in [-0.05, 0) is 60.7 Å². The molecule has 1 aromatic carbocycles. The van der Waals surface area contributed by atoms with E-state index in [1.54, 1.807) is 43.5 Å². The average molecular weight is 521 g/mol. The summed E-state index contributed by atoms with van der Waals surface area (Å²) in [5.74, 6) is 1.46. The van der Waals surface area contributed by atoms with Crippen LogP contribution in [0.15, 0.2) is 58.3 Å². The fourth-order valence-electron chi connectivity index (χ4n) is 4.53. The summed E-state index contributed by atoms with van der Waals surface area (Å²) in [5, 5.41) is 17.5. The van der Waals surface area contributed by atoms with Crippen molar-refractivity contribution >= 4 is 28.8 Å². The number of carbonyl (C=O) groups excluding carboxylic acids is 2. The number of tetrazole rings is 1. The topological polar surface area (TPSA) is 115 Å². The Morgan fingerprint density at radius 2 is 2.05 bits per heavy atom. The SMILES string of the molecule is COc1cccc(N(C(=O)Cn2nnc(-c3ccc(C)o3)n2)[C@@H](C(=O)NC2CCCC2)c2cccs2)c1. The number of benzene rings is 1. The number of aryl methyl sites for hydroxylation is 1. The standard InChI is InChI=1S/C26H28N6O4S/c1-17-12-13-21(36-17)25-28-30-31(29-25)16-23(33)32(19-9-5-10-20(15-19)35-2)24(22-11-6-14-37-22)26(34)27-18-7-3-4-8-18/h5-6,9-15,18,24H,3-4,7-8,16H2,1-2H3,(H,27,34)/t24-/m1/s1. The summed E-state index contributed by atoms with van der Waals surface area (Å²) in [4.78, 5) is 31.1. The van der Waals surface area contributed by atoms with Crippen molar-refractivity contribution in [1.82, 2.24) is 25.5 Å². The van der Waals surface area contributed by atoms with Crippen molar-refractivity contribution in [2.75, 3.05) is 12.0 Å². The van der Waals surface area contributed by atoms with Crippen LogP contribution in [0.1, 0.15) is 42.4 Å². The van der Waals surface area contributed by atoms with Crippen molar-refractivity contribution in [3.05, 3.63) is 64.5 Å². The molecule has 2 amide bonds. The molecule has 37 heavy (non-hydrogen) atoms. The maximum absolute atomic E-state index is 13.9. The molecule has 1 aliphatic carbocycles. The molecule has 11 heteroatoms. The van der Waals surface area contributed by atoms with Crippen LogP contribution in [-0.2, 0) is 16.1 Å². The summed E-state index contributed by atoms with van der Waals surface area (Å²) in [6.45, 7) is 1.60. The van der Waals surface area contributed by atoms with Gasteiger partial charge in [-0.25, -0.2) is 0 Å². The molecule has 1 N–H and O–H groups in total. The molecule has 0 saturated heterocycles. The Labute approximate surface area is 218 Å². The fraction of sp³-hybridized carbons (Fsp3) is 0.346. The summed E-state index contributed by atoms with van der Waals surface area (Å²) in [5.41, 5.74) is 0.534. The minimum atomic E-state index is -0.865. The number of nitrogens with one attached hydrogen (secondary N) is 1. The third-order valence-electron chi connectivity index (χ3n) is 6.31. The van der Waals surface area contributed by atoms with Crippen molar-refractivity contribution in [3.8, 4) is 17.3 Å². The minimum Gasteiger partial charge on any atom is -0.497 e. The van der Waals surface area contributed by atoms with Crippen LogP contribution in [0.5, 0.6) is 5.75 Å². The molecule has 5 rings (SSSR count). The second-order valence-electron chi connectivity index (χ2n) is 8.93. The number of anilines is 1. The molecule has 0 unspecified atom stereocenters. The van der Waals surface area contributed by atoms with E-state index in [9.17, 15) is 9.59 Å². The van der Waals surface area contributed by atoms with E-state index in [-0.39, 0.29) is 30.2 Å². The van der Waals surface area contributed by atoms with Crippen molar-refractivity contribution in [2.24, 2.45) is 0 Å². The number of rotatable bonds is 9. The third kappa shape index (κ3) is 5.56. The summed E-state index contributed by atoms with van der Waals surface area (Å²) < 4.78 is 11.0. The monoisotopic (exact) mass is 520 g/mol. The van der Waals surface area contributed by atoms with Gasteiger partial charge in [-0.1, -0.05) is 25.0 Å². The zero-order chi connectivity index (χ0) is 25.8. The second kappa shape index (κ2) is 11.0. The lowest BCUT2D eigenvalue weighted by molar-refractivity contribution is -0.127. The van der Waals surface area contributed by atoms with Gasteiger partial charge in [-0.2, -0.15) is 4.80 Å². The number of methoxy groups -OCH3 is 1. The van der Waals surface area contributed by atoms with Crippen molar-refractivity contribution < 1.29 is 18.7 Å². The predicted octanol–water partition coefficient (Wildman–Crippen LogP) is 4.14. The van der Waals surface area contributed by atoms with Crippen LogP contribution in [0.3, 0.4) is 0 Å². The lowest BCUT2D eigenvalue weighted by Crippen LogP contribution is -2.47. The van der Waals surface area contributed by atoms with E-state index in [1.807, 2.05) is 24.4 Å². The Kier molecular flexibility index (Phi) is 7.31. The van der Waals surface area contributed by atoms with Gasteiger partial charge < -0.3 is 14.5 Å². The first-order chi connectivity index (χ1) is 18.0. The highest BCUT2D eigenvalue weighted by Gasteiger charge is 2.35. The lowest BCUT2D eigenvalue weighted by atomic mass is 10.1. The van der Waals surface area contributed by atoms with Gasteiger partial charge in [-0.3, -0.25) is 14.5 Å². The molecule has 1 fully saturated rings. The van der Waals surface area contributed by atoms with Crippen LogP contribution in [0, 0.1) is 6.92 Å². The summed E-state index contributed by atoms with van der Waals surface area (Å²) in [6, 6.07) is 13.7. The summed E-state index contributed by atoms with van der Waals surface area (Å²) >= 11 is 1.43. The number of furan rings is 1. The number of aromatic nitrogens is 4. The first kappa shape index (κ1) is 24.7. The molecule has 4 aromatic rings. The van der Waals surface area contributed by atoms with E-state index >= 15 is 0 Å². The molecular formula is C26H28N6O4S. The molecule has 3 heterocycles. The Bertz CT molecular complexity index is 1360. The van der Waals surface area contributed by atoms with Crippen molar-refractivity contribution in [1.29, 1.82) is 0 Å². The molecule has 10 nitrogen and oxygen atoms in total. The van der Waals surface area contributed by atoms with E-state index in [2.05, 4.69) is 20.7 Å². The minimum absolute atomic E-state index is 0.105. The largest absolute Gasteiger partial charge is 0.497 e. The number of amides is 2. The summed E-state index contributed by atoms with van der Waals surface area (Å²) in [7, 11) is 1.56. The van der Waals surface area contributed by atoms with Crippen LogP contribution < -0.4 is 15.0 Å². The van der Waals surface area contributed by atoms with Gasteiger partial charge in [-0.15, -0.1) is 21.5 Å². The Morgan fingerprint density at radius 1 is 1.22 bits per heavy atom. The maximum Gasteiger partial charge on any atom is 0.251 e. The zero-order valence-electron chi connectivity index (χ0n) is 20.7. The van der Waals surface area contributed by atoms with E-state index in [1.165, 1.54) is 21.0 Å². The first-order valence-electron chi connectivity index (χ1n) is 12.2. The number of ether oxygens (including phenoxy) is 1.